The number of benzene rings is 1. The molecule has 2 aliphatic heterocycles. The molecule has 0 saturated carbocycles. The first-order chi connectivity index (χ1) is 16.1. The summed E-state index contributed by atoms with van der Waals surface area (Å²) in [6.45, 7) is 4.75. The van der Waals surface area contributed by atoms with Gasteiger partial charge in [0.05, 0.1) is 38.0 Å². The van der Waals surface area contributed by atoms with Gasteiger partial charge in [0, 0.05) is 43.1 Å². The summed E-state index contributed by atoms with van der Waals surface area (Å²) in [4.78, 5) is 30.7. The van der Waals surface area contributed by atoms with E-state index >= 15 is 0 Å². The number of aromatic nitrogens is 1. The molecule has 0 radical (unpaired) electrons. The van der Waals surface area contributed by atoms with Crippen LogP contribution in [0, 0.1) is 13.8 Å². The van der Waals surface area contributed by atoms with Crippen LogP contribution in [0.25, 0.3) is 9.15 Å². The lowest BCUT2D eigenvalue weighted by molar-refractivity contribution is -0.110. The quantitative estimate of drug-likeness (QED) is 0.296. The highest BCUT2D eigenvalue weighted by molar-refractivity contribution is 14.1. The predicted octanol–water partition coefficient (Wildman–Crippen LogP) is 1.71. The van der Waals surface area contributed by atoms with Crippen molar-refractivity contribution in [1.82, 2.24) is 15.2 Å². The number of halogens is 1. The Balaban J connectivity index is 1.46. The molecule has 2 aromatic rings. The third-order valence-electron chi connectivity index (χ3n) is 6.18. The molecule has 0 bridgehead atoms. The molecule has 1 saturated heterocycles. The number of anilines is 1. The summed E-state index contributed by atoms with van der Waals surface area (Å²) in [5.74, 6) is -0.319. The number of aliphatic hydroxyl groups excluding tert-OH is 1. The number of hydrogen-bond acceptors (Lipinski definition) is 6. The fraction of sp³-hybridized carbons (Fsp3) is 0.391. The van der Waals surface area contributed by atoms with Crippen molar-refractivity contribution in [2.75, 3.05) is 43.0 Å². The molecule has 11 heteroatoms. The van der Waals surface area contributed by atoms with Crippen molar-refractivity contribution in [2.24, 2.45) is 0 Å². The summed E-state index contributed by atoms with van der Waals surface area (Å²) in [7, 11) is -2.98. The van der Waals surface area contributed by atoms with E-state index < -0.39 is 15.9 Å². The topological polar surface area (TPSA) is 132 Å². The minimum absolute atomic E-state index is 0.0510. The fourth-order valence-electron chi connectivity index (χ4n) is 4.36. The van der Waals surface area contributed by atoms with E-state index in [1.54, 1.807) is 6.92 Å². The second kappa shape index (κ2) is 9.80. The van der Waals surface area contributed by atoms with E-state index in [1.807, 2.05) is 36.1 Å². The fourth-order valence-corrected chi connectivity index (χ4v) is 6.72. The molecule has 9 nitrogen and oxygen atoms in total. The number of carbonyl (C=O) groups excluding carboxylic acids is 2. The Morgan fingerprint density at radius 2 is 1.91 bits per heavy atom. The molecule has 0 aliphatic carbocycles. The Hall–Kier alpha value is -2.22. The van der Waals surface area contributed by atoms with Crippen molar-refractivity contribution < 1.29 is 23.1 Å². The second-order valence-electron chi connectivity index (χ2n) is 8.63. The molecule has 1 fully saturated rings. The lowest BCUT2D eigenvalue weighted by Gasteiger charge is -2.28. The van der Waals surface area contributed by atoms with Crippen LogP contribution < -0.4 is 10.6 Å². The SMILES string of the molecule is Cc1[nH]c(/C(I)=C2\C(=O)Nc3ccccc32)c(C)c1C(=O)NCC(O)CN1CCS(=O)(=O)CC1. The molecule has 2 amide bonds. The summed E-state index contributed by atoms with van der Waals surface area (Å²) in [6.07, 6.45) is -0.815. The Morgan fingerprint density at radius 1 is 1.24 bits per heavy atom. The van der Waals surface area contributed by atoms with Crippen molar-refractivity contribution in [3.8, 4) is 0 Å². The van der Waals surface area contributed by atoms with E-state index in [1.165, 1.54) is 0 Å². The minimum Gasteiger partial charge on any atom is -0.390 e. The maximum atomic E-state index is 13.0. The molecular formula is C23H27IN4O5S. The number of para-hydroxylation sites is 1. The number of aryl methyl sites for hydroxylation is 1. The zero-order valence-electron chi connectivity index (χ0n) is 18.9. The van der Waals surface area contributed by atoms with Crippen LogP contribution in [0.4, 0.5) is 5.69 Å². The van der Waals surface area contributed by atoms with Crippen LogP contribution >= 0.6 is 22.6 Å². The summed E-state index contributed by atoms with van der Waals surface area (Å²) < 4.78 is 23.8. The Kier molecular flexibility index (Phi) is 7.17. The summed E-state index contributed by atoms with van der Waals surface area (Å²) in [5, 5.41) is 16.0. The van der Waals surface area contributed by atoms with E-state index in [0.29, 0.717) is 42.2 Å². The first-order valence-electron chi connectivity index (χ1n) is 11.0. The molecule has 182 valence electrons. The molecule has 1 unspecified atom stereocenters. The highest BCUT2D eigenvalue weighted by Crippen LogP contribution is 2.41. The van der Waals surface area contributed by atoms with E-state index in [-0.39, 0.29) is 29.9 Å². The number of aromatic amines is 1. The standard InChI is InChI=1S/C23H27IN4O5S/c1-13-18(22(30)25-11-15(29)12-28-7-9-34(32,33)10-8-28)14(2)26-21(13)20(24)19-16-5-3-4-6-17(16)27-23(19)31/h3-6,15,26,29H,7-12H2,1-2H3,(H,25,30)(H,27,31)/b20-19+. The maximum Gasteiger partial charge on any atom is 0.257 e. The summed E-state index contributed by atoms with van der Waals surface area (Å²) >= 11 is 2.13. The highest BCUT2D eigenvalue weighted by Gasteiger charge is 2.29. The molecule has 2 aliphatic rings. The van der Waals surface area contributed by atoms with Gasteiger partial charge in [0.15, 0.2) is 9.84 Å². The van der Waals surface area contributed by atoms with Crippen LogP contribution in [0.2, 0.25) is 0 Å². The van der Waals surface area contributed by atoms with Gasteiger partial charge in [-0.15, -0.1) is 0 Å². The number of aliphatic hydroxyl groups is 1. The number of nitrogens with zero attached hydrogens (tertiary/aromatic N) is 1. The molecule has 1 aromatic carbocycles. The first kappa shape index (κ1) is 24.9. The number of sulfone groups is 1. The maximum absolute atomic E-state index is 13.0. The molecule has 1 atom stereocenters. The monoisotopic (exact) mass is 598 g/mol. The van der Waals surface area contributed by atoms with Gasteiger partial charge in [0.1, 0.15) is 0 Å². The van der Waals surface area contributed by atoms with Crippen molar-refractivity contribution in [1.29, 1.82) is 0 Å². The molecule has 1 aromatic heterocycles. The van der Waals surface area contributed by atoms with Gasteiger partial charge in [-0.1, -0.05) is 18.2 Å². The lowest BCUT2D eigenvalue weighted by atomic mass is 10.0. The summed E-state index contributed by atoms with van der Waals surface area (Å²) in [5.41, 5.74) is 4.72. The number of rotatable bonds is 6. The van der Waals surface area contributed by atoms with Crippen LogP contribution in [-0.2, 0) is 14.6 Å². The number of carbonyl (C=O) groups is 2. The number of nitrogens with one attached hydrogen (secondary N) is 3. The Bertz CT molecular complexity index is 1270. The van der Waals surface area contributed by atoms with Gasteiger partial charge in [-0.2, -0.15) is 0 Å². The number of hydrogen-bond donors (Lipinski definition) is 4. The van der Waals surface area contributed by atoms with Gasteiger partial charge in [-0.3, -0.25) is 14.5 Å². The van der Waals surface area contributed by atoms with E-state index in [4.69, 9.17) is 0 Å². The van der Waals surface area contributed by atoms with Gasteiger partial charge in [0.25, 0.3) is 11.8 Å². The van der Waals surface area contributed by atoms with Crippen molar-refractivity contribution in [3.63, 3.8) is 0 Å². The highest BCUT2D eigenvalue weighted by atomic mass is 127. The van der Waals surface area contributed by atoms with Gasteiger partial charge < -0.3 is 20.7 Å². The van der Waals surface area contributed by atoms with E-state index in [0.717, 1.165) is 20.4 Å². The third-order valence-corrected chi connectivity index (χ3v) is 8.87. The molecule has 4 N–H and O–H groups in total. The number of β-amino-alcohol motifs (C(OH)–C–C–N with tert-alkyl or cyclic N) is 1. The first-order valence-corrected chi connectivity index (χ1v) is 13.9. The molecule has 34 heavy (non-hydrogen) atoms. The average Bonchev–Trinajstić information content (AvgIpc) is 3.28. The average molecular weight is 598 g/mol. The number of H-pyrrole nitrogens is 1. The molecule has 0 spiro atoms. The largest absolute Gasteiger partial charge is 0.390 e. The van der Waals surface area contributed by atoms with Gasteiger partial charge in [-0.05, 0) is 48.1 Å². The van der Waals surface area contributed by atoms with E-state index in [2.05, 4.69) is 38.2 Å². The van der Waals surface area contributed by atoms with Crippen LogP contribution in [0.5, 0.6) is 0 Å². The number of fused-ring (bicyclic) bond motifs is 1. The van der Waals surface area contributed by atoms with Crippen molar-refractivity contribution in [3.05, 3.63) is 52.3 Å². The van der Waals surface area contributed by atoms with Gasteiger partial charge in [0.2, 0.25) is 0 Å². The van der Waals surface area contributed by atoms with Crippen LogP contribution in [0.1, 0.15) is 32.9 Å². The summed E-state index contributed by atoms with van der Waals surface area (Å²) in [6, 6.07) is 7.48. The van der Waals surface area contributed by atoms with E-state index in [9.17, 15) is 23.1 Å². The Labute approximate surface area is 212 Å². The second-order valence-corrected chi connectivity index (χ2v) is 12.0. The molecule has 3 heterocycles. The van der Waals surface area contributed by atoms with Crippen molar-refractivity contribution in [2.45, 2.75) is 20.0 Å². The normalized spacial score (nSPS) is 19.9. The Morgan fingerprint density at radius 3 is 2.62 bits per heavy atom. The van der Waals surface area contributed by atoms with Gasteiger partial charge >= 0.3 is 0 Å². The number of amides is 2. The lowest BCUT2D eigenvalue weighted by Crippen LogP contribution is -2.46. The van der Waals surface area contributed by atoms with Crippen LogP contribution in [-0.4, -0.2) is 79.0 Å². The van der Waals surface area contributed by atoms with Gasteiger partial charge in [-0.25, -0.2) is 8.42 Å². The van der Waals surface area contributed by atoms with Crippen LogP contribution in [0.15, 0.2) is 24.3 Å². The zero-order valence-corrected chi connectivity index (χ0v) is 21.9. The van der Waals surface area contributed by atoms with Crippen LogP contribution in [0.3, 0.4) is 0 Å². The third kappa shape index (κ3) is 5.07. The minimum atomic E-state index is -2.98. The zero-order chi connectivity index (χ0) is 24.6. The smallest absolute Gasteiger partial charge is 0.257 e. The predicted molar refractivity (Wildman–Crippen MR) is 140 cm³/mol. The molecule has 4 rings (SSSR count). The molecular weight excluding hydrogens is 571 g/mol. The van der Waals surface area contributed by atoms with Crippen molar-refractivity contribution >= 4 is 59.1 Å².